The predicted molar refractivity (Wildman–Crippen MR) is 107 cm³/mol. The Kier molecular flexibility index (Phi) is 4.58. The summed E-state index contributed by atoms with van der Waals surface area (Å²) in [5.41, 5.74) is 1.53. The van der Waals surface area contributed by atoms with E-state index in [2.05, 4.69) is 0 Å². The number of benzene rings is 3. The highest BCUT2D eigenvalue weighted by atomic mass is 19.1. The summed E-state index contributed by atoms with van der Waals surface area (Å²) < 4.78 is 49.8. The highest BCUT2D eigenvalue weighted by molar-refractivity contribution is 6.15. The van der Waals surface area contributed by atoms with Crippen molar-refractivity contribution < 1.29 is 32.5 Å². The molecule has 0 bridgehead atoms. The molecule has 7 heteroatoms. The van der Waals surface area contributed by atoms with Crippen molar-refractivity contribution in [2.24, 2.45) is 0 Å². The summed E-state index contributed by atoms with van der Waals surface area (Å²) in [7, 11) is 0. The van der Waals surface area contributed by atoms with Crippen LogP contribution in [0.1, 0.15) is 27.0 Å². The summed E-state index contributed by atoms with van der Waals surface area (Å²) in [6.45, 7) is 1.60. The molecular weight excluding hydrogens is 406 g/mol. The Bertz CT molecular complexity index is 1230. The number of Topliss-reactive ketones (excluding diaryl/α,β-unsaturated/α-hetero) is 1. The fourth-order valence-electron chi connectivity index (χ4n) is 3.50. The summed E-state index contributed by atoms with van der Waals surface area (Å²) in [5.74, 6) is 0.523. The molecule has 5 nitrogen and oxygen atoms in total. The minimum atomic E-state index is -0.681. The fourth-order valence-corrected chi connectivity index (χ4v) is 3.50. The van der Waals surface area contributed by atoms with Gasteiger partial charge in [0, 0.05) is 5.56 Å². The highest BCUT2D eigenvalue weighted by Crippen LogP contribution is 2.40. The molecule has 0 aromatic heterocycles. The largest absolute Gasteiger partial charge is 0.488 e. The smallest absolute Gasteiger partial charge is 0.231 e. The molecular formula is C24H16F2O5. The normalized spacial score (nSPS) is 15.2. The first-order chi connectivity index (χ1) is 15.0. The minimum Gasteiger partial charge on any atom is -0.488 e. The molecule has 2 heterocycles. The predicted octanol–water partition coefficient (Wildman–Crippen LogP) is 5.20. The number of ketones is 1. The molecule has 0 aliphatic carbocycles. The van der Waals surface area contributed by atoms with Gasteiger partial charge in [-0.2, -0.15) is 0 Å². The Hall–Kier alpha value is -3.87. The maximum atomic E-state index is 13.9. The second kappa shape index (κ2) is 7.43. The lowest BCUT2D eigenvalue weighted by atomic mass is 10.1. The molecule has 0 atom stereocenters. The van der Waals surface area contributed by atoms with Crippen molar-refractivity contribution in [2.45, 2.75) is 13.5 Å². The van der Waals surface area contributed by atoms with E-state index >= 15 is 0 Å². The van der Waals surface area contributed by atoms with Crippen LogP contribution < -0.4 is 18.9 Å². The summed E-state index contributed by atoms with van der Waals surface area (Å²) in [6, 6.07) is 12.1. The van der Waals surface area contributed by atoms with E-state index in [9.17, 15) is 13.6 Å². The fraction of sp³-hybridized carbons (Fsp3) is 0.125. The van der Waals surface area contributed by atoms with E-state index in [-0.39, 0.29) is 30.5 Å². The zero-order chi connectivity index (χ0) is 21.5. The van der Waals surface area contributed by atoms with Crippen LogP contribution in [-0.2, 0) is 6.61 Å². The molecule has 0 radical (unpaired) electrons. The Morgan fingerprint density at radius 3 is 2.61 bits per heavy atom. The molecule has 0 saturated carbocycles. The third kappa shape index (κ3) is 3.38. The van der Waals surface area contributed by atoms with Crippen molar-refractivity contribution >= 4 is 11.9 Å². The van der Waals surface area contributed by atoms with Crippen LogP contribution in [0, 0.1) is 18.6 Å². The van der Waals surface area contributed by atoms with Crippen molar-refractivity contribution in [3.8, 4) is 23.0 Å². The van der Waals surface area contributed by atoms with E-state index in [0.717, 1.165) is 5.56 Å². The molecule has 3 aromatic carbocycles. The molecule has 2 aliphatic rings. The van der Waals surface area contributed by atoms with E-state index in [1.807, 2.05) is 0 Å². The van der Waals surface area contributed by atoms with Gasteiger partial charge in [0.1, 0.15) is 29.7 Å². The van der Waals surface area contributed by atoms with Gasteiger partial charge in [-0.1, -0.05) is 12.1 Å². The molecule has 2 aliphatic heterocycles. The van der Waals surface area contributed by atoms with Crippen molar-refractivity contribution in [1.29, 1.82) is 0 Å². The quantitative estimate of drug-likeness (QED) is 0.541. The van der Waals surface area contributed by atoms with Gasteiger partial charge in [0.2, 0.25) is 12.6 Å². The molecule has 0 N–H and O–H groups in total. The standard InChI is InChI=1S/C24H16F2O5/c1-13-19(28-11-16-17(25)3-2-4-18(16)26)8-6-15-23(27)22(31-24(13)15)10-14-5-7-20-21(9-14)30-12-29-20/h2-10H,11-12H2,1H3/b22-10-. The van der Waals surface area contributed by atoms with Gasteiger partial charge in [-0.05, 0) is 55.0 Å². The maximum absolute atomic E-state index is 13.9. The summed E-state index contributed by atoms with van der Waals surface area (Å²) in [5, 5.41) is 0. The number of halogens is 2. The molecule has 0 saturated heterocycles. The summed E-state index contributed by atoms with van der Waals surface area (Å²) in [4.78, 5) is 12.8. The lowest BCUT2D eigenvalue weighted by molar-refractivity contribution is 0.101. The molecule has 31 heavy (non-hydrogen) atoms. The third-order valence-electron chi connectivity index (χ3n) is 5.16. The molecule has 0 fully saturated rings. The van der Waals surface area contributed by atoms with Crippen molar-refractivity contribution in [2.75, 3.05) is 6.79 Å². The molecule has 5 rings (SSSR count). The molecule has 0 unspecified atom stereocenters. The third-order valence-corrected chi connectivity index (χ3v) is 5.16. The van der Waals surface area contributed by atoms with Gasteiger partial charge in [-0.15, -0.1) is 0 Å². The van der Waals surface area contributed by atoms with E-state index in [1.165, 1.54) is 18.2 Å². The van der Waals surface area contributed by atoms with Crippen LogP contribution in [-0.4, -0.2) is 12.6 Å². The molecule has 3 aromatic rings. The van der Waals surface area contributed by atoms with Crippen LogP contribution in [0.5, 0.6) is 23.0 Å². The van der Waals surface area contributed by atoms with Gasteiger partial charge in [0.25, 0.3) is 0 Å². The van der Waals surface area contributed by atoms with Gasteiger partial charge in [-0.3, -0.25) is 4.79 Å². The average molecular weight is 422 g/mol. The lowest BCUT2D eigenvalue weighted by Crippen LogP contribution is -2.03. The van der Waals surface area contributed by atoms with Crippen LogP contribution in [0.3, 0.4) is 0 Å². The van der Waals surface area contributed by atoms with Crippen molar-refractivity contribution in [3.63, 3.8) is 0 Å². The molecule has 156 valence electrons. The number of fused-ring (bicyclic) bond motifs is 2. The maximum Gasteiger partial charge on any atom is 0.231 e. The first-order valence-corrected chi connectivity index (χ1v) is 9.54. The molecule has 0 amide bonds. The van der Waals surface area contributed by atoms with Gasteiger partial charge < -0.3 is 18.9 Å². The number of carbonyl (C=O) groups is 1. The van der Waals surface area contributed by atoms with Crippen molar-refractivity contribution in [1.82, 2.24) is 0 Å². The van der Waals surface area contributed by atoms with E-state index in [4.69, 9.17) is 18.9 Å². The van der Waals surface area contributed by atoms with Crippen LogP contribution in [0.15, 0.2) is 54.3 Å². The highest BCUT2D eigenvalue weighted by Gasteiger charge is 2.30. The van der Waals surface area contributed by atoms with Crippen LogP contribution in [0.4, 0.5) is 8.78 Å². The van der Waals surface area contributed by atoms with Gasteiger partial charge in [0.05, 0.1) is 11.1 Å². The zero-order valence-electron chi connectivity index (χ0n) is 16.4. The van der Waals surface area contributed by atoms with E-state index in [1.54, 1.807) is 43.3 Å². The SMILES string of the molecule is Cc1c(OCc2c(F)cccc2F)ccc2c1O/C(=C\c1ccc3c(c1)OCO3)C2=O. The number of allylic oxidation sites excluding steroid dienone is 1. The van der Waals surface area contributed by atoms with Gasteiger partial charge in [-0.25, -0.2) is 8.78 Å². The monoisotopic (exact) mass is 422 g/mol. The zero-order valence-corrected chi connectivity index (χ0v) is 16.4. The number of ether oxygens (including phenoxy) is 4. The average Bonchev–Trinajstić information content (AvgIpc) is 3.34. The second-order valence-corrected chi connectivity index (χ2v) is 7.11. The van der Waals surface area contributed by atoms with Gasteiger partial charge >= 0.3 is 0 Å². The number of hydrogen-bond acceptors (Lipinski definition) is 5. The Labute approximate surface area is 176 Å². The number of rotatable bonds is 4. The van der Waals surface area contributed by atoms with Gasteiger partial charge in [0.15, 0.2) is 17.3 Å². The Morgan fingerprint density at radius 2 is 1.81 bits per heavy atom. The number of hydrogen-bond donors (Lipinski definition) is 0. The second-order valence-electron chi connectivity index (χ2n) is 7.11. The first-order valence-electron chi connectivity index (χ1n) is 9.54. The summed E-state index contributed by atoms with van der Waals surface area (Å²) >= 11 is 0. The van der Waals surface area contributed by atoms with Crippen LogP contribution >= 0.6 is 0 Å². The van der Waals surface area contributed by atoms with E-state index < -0.39 is 11.6 Å². The molecule has 0 spiro atoms. The number of carbonyl (C=O) groups excluding carboxylic acids is 1. The lowest BCUT2D eigenvalue weighted by Gasteiger charge is -2.12. The minimum absolute atomic E-state index is 0.161. The van der Waals surface area contributed by atoms with Crippen molar-refractivity contribution in [3.05, 3.63) is 88.2 Å². The first kappa shape index (κ1) is 19.1. The van der Waals surface area contributed by atoms with Crippen LogP contribution in [0.2, 0.25) is 0 Å². The van der Waals surface area contributed by atoms with E-state index in [0.29, 0.717) is 34.1 Å². The Morgan fingerprint density at radius 1 is 1.03 bits per heavy atom. The summed E-state index contributed by atoms with van der Waals surface area (Å²) in [6.07, 6.45) is 1.62. The Balaban J connectivity index is 1.40. The topological polar surface area (TPSA) is 54.0 Å². The van der Waals surface area contributed by atoms with Crippen LogP contribution in [0.25, 0.3) is 6.08 Å².